The molecule has 0 saturated carbocycles. The van der Waals surface area contributed by atoms with Crippen molar-refractivity contribution in [3.05, 3.63) is 9.15 Å². The minimum absolute atomic E-state index is 0.112. The fraction of sp³-hybridized carbons (Fsp3) is 0.800. The number of allylic oxidation sites excluding steroid dienone is 2. The van der Waals surface area contributed by atoms with Crippen LogP contribution in [0.4, 0.5) is 39.5 Å². The van der Waals surface area contributed by atoms with Gasteiger partial charge in [0.25, 0.3) is 0 Å². The Bertz CT molecular complexity index is 377. The van der Waals surface area contributed by atoms with Gasteiger partial charge in [0.15, 0.2) is 0 Å². The average molecular weight is 428 g/mol. The van der Waals surface area contributed by atoms with Gasteiger partial charge in [0.1, 0.15) is 0 Å². The first kappa shape index (κ1) is 19.8. The van der Waals surface area contributed by atoms with E-state index in [0.717, 1.165) is 6.92 Å². The Balaban J connectivity index is 5.98. The van der Waals surface area contributed by atoms with Crippen LogP contribution >= 0.6 is 22.6 Å². The molecule has 0 amide bonds. The van der Waals surface area contributed by atoms with E-state index in [4.69, 9.17) is 0 Å². The molecule has 0 aliphatic rings. The van der Waals surface area contributed by atoms with Gasteiger partial charge < -0.3 is 0 Å². The Morgan fingerprint density at radius 1 is 0.850 bits per heavy atom. The van der Waals surface area contributed by atoms with Crippen LogP contribution in [0.2, 0.25) is 0 Å². The average Bonchev–Trinajstić information content (AvgIpc) is 2.22. The summed E-state index contributed by atoms with van der Waals surface area (Å²) >= 11 is 1.18. The summed E-state index contributed by atoms with van der Waals surface area (Å²) in [5.41, 5.74) is -1.42. The highest BCUT2D eigenvalue weighted by molar-refractivity contribution is 14.1. The van der Waals surface area contributed by atoms with Crippen LogP contribution in [-0.4, -0.2) is 23.9 Å². The van der Waals surface area contributed by atoms with E-state index in [-0.39, 0.29) is 6.42 Å². The summed E-state index contributed by atoms with van der Waals surface area (Å²) in [6.45, 7) is 2.23. The SMILES string of the molecule is CCC/C(=C(/C)I)C(F)(F)C(F)(F)C(F)(F)C(F)(F)F. The highest BCUT2D eigenvalue weighted by Gasteiger charge is 2.82. The summed E-state index contributed by atoms with van der Waals surface area (Å²) < 4.78 is 114. The third-order valence-electron chi connectivity index (χ3n) is 2.44. The summed E-state index contributed by atoms with van der Waals surface area (Å²) in [4.78, 5) is 0. The van der Waals surface area contributed by atoms with Crippen molar-refractivity contribution in [2.24, 2.45) is 0 Å². The van der Waals surface area contributed by atoms with Crippen LogP contribution in [0.15, 0.2) is 9.15 Å². The molecule has 0 unspecified atom stereocenters. The zero-order chi connectivity index (χ0) is 16.6. The molecule has 0 saturated heterocycles. The summed E-state index contributed by atoms with van der Waals surface area (Å²) in [5.74, 6) is -19.0. The molecule has 0 spiro atoms. The molecule has 0 heterocycles. The minimum Gasteiger partial charge on any atom is -0.194 e. The van der Waals surface area contributed by atoms with E-state index in [0.29, 0.717) is 0 Å². The summed E-state index contributed by atoms with van der Waals surface area (Å²) in [7, 11) is 0. The van der Waals surface area contributed by atoms with E-state index in [2.05, 4.69) is 0 Å². The Morgan fingerprint density at radius 3 is 1.50 bits per heavy atom. The van der Waals surface area contributed by atoms with E-state index in [1.807, 2.05) is 0 Å². The maximum absolute atomic E-state index is 13.5. The Hall–Kier alpha value is -0.160. The lowest BCUT2D eigenvalue weighted by atomic mass is 9.93. The third-order valence-corrected chi connectivity index (χ3v) is 3.09. The Labute approximate surface area is 122 Å². The van der Waals surface area contributed by atoms with Crippen molar-refractivity contribution in [1.82, 2.24) is 0 Å². The molecule has 0 aromatic rings. The molecule has 0 fully saturated rings. The molecule has 0 atom stereocenters. The molecule has 0 aromatic carbocycles. The zero-order valence-corrected chi connectivity index (χ0v) is 12.4. The molecule has 10 heteroatoms. The molecular formula is C10H10F9I. The number of alkyl halides is 9. The molecule has 0 N–H and O–H groups in total. The second kappa shape index (κ2) is 5.91. The normalized spacial score (nSPS) is 16.2. The lowest BCUT2D eigenvalue weighted by molar-refractivity contribution is -0.390. The first-order valence-electron chi connectivity index (χ1n) is 5.20. The third kappa shape index (κ3) is 3.19. The standard InChI is InChI=1S/C10H10F9I/c1-3-4-6(5(2)20)7(11,12)8(13,14)9(15,16)10(17,18)19/h3-4H2,1-2H3/b6-5+. The molecule has 0 rings (SSSR count). The molecule has 0 aliphatic heterocycles. The fourth-order valence-electron chi connectivity index (χ4n) is 1.36. The van der Waals surface area contributed by atoms with Gasteiger partial charge in [-0.25, -0.2) is 0 Å². The predicted molar refractivity (Wildman–Crippen MR) is 62.5 cm³/mol. The van der Waals surface area contributed by atoms with Crippen molar-refractivity contribution >= 4 is 22.6 Å². The van der Waals surface area contributed by atoms with Crippen LogP contribution in [0.1, 0.15) is 26.7 Å². The van der Waals surface area contributed by atoms with Gasteiger partial charge in [-0.1, -0.05) is 13.3 Å². The second-order valence-electron chi connectivity index (χ2n) is 3.98. The van der Waals surface area contributed by atoms with Crippen molar-refractivity contribution < 1.29 is 39.5 Å². The summed E-state index contributed by atoms with van der Waals surface area (Å²) in [6.07, 6.45) is -7.61. The highest BCUT2D eigenvalue weighted by atomic mass is 127. The number of rotatable bonds is 5. The smallest absolute Gasteiger partial charge is 0.194 e. The molecule has 0 radical (unpaired) electrons. The minimum atomic E-state index is -6.84. The number of hydrogen-bond acceptors (Lipinski definition) is 0. The van der Waals surface area contributed by atoms with Crippen molar-refractivity contribution in [2.45, 2.75) is 50.6 Å². The first-order chi connectivity index (χ1) is 8.64. The van der Waals surface area contributed by atoms with Gasteiger partial charge in [-0.3, -0.25) is 0 Å². The molecule has 0 bridgehead atoms. The maximum atomic E-state index is 13.5. The lowest BCUT2D eigenvalue weighted by Crippen LogP contribution is -2.61. The van der Waals surface area contributed by atoms with Crippen LogP contribution < -0.4 is 0 Å². The lowest BCUT2D eigenvalue weighted by Gasteiger charge is -2.35. The van der Waals surface area contributed by atoms with Crippen molar-refractivity contribution in [3.8, 4) is 0 Å². The van der Waals surface area contributed by atoms with Crippen molar-refractivity contribution in [2.75, 3.05) is 0 Å². The van der Waals surface area contributed by atoms with E-state index >= 15 is 0 Å². The van der Waals surface area contributed by atoms with E-state index in [1.165, 1.54) is 29.5 Å². The van der Waals surface area contributed by atoms with Gasteiger partial charge in [-0.2, -0.15) is 39.5 Å². The topological polar surface area (TPSA) is 0 Å². The van der Waals surface area contributed by atoms with Crippen molar-refractivity contribution in [1.29, 1.82) is 0 Å². The van der Waals surface area contributed by atoms with Gasteiger partial charge in [0.2, 0.25) is 0 Å². The maximum Gasteiger partial charge on any atom is 0.460 e. The quantitative estimate of drug-likeness (QED) is 0.375. The van der Waals surface area contributed by atoms with Crippen LogP contribution in [0.25, 0.3) is 0 Å². The van der Waals surface area contributed by atoms with E-state index < -0.39 is 39.5 Å². The highest BCUT2D eigenvalue weighted by Crippen LogP contribution is 2.56. The fourth-order valence-corrected chi connectivity index (χ4v) is 1.97. The zero-order valence-electron chi connectivity index (χ0n) is 10.2. The molecule has 20 heavy (non-hydrogen) atoms. The van der Waals surface area contributed by atoms with Crippen LogP contribution in [0.5, 0.6) is 0 Å². The summed E-state index contributed by atoms with van der Waals surface area (Å²) in [5, 5.41) is 0. The number of halogens is 10. The number of hydrogen-bond donors (Lipinski definition) is 0. The summed E-state index contributed by atoms with van der Waals surface area (Å²) in [6, 6.07) is 0. The van der Waals surface area contributed by atoms with Crippen LogP contribution in [0, 0.1) is 0 Å². The van der Waals surface area contributed by atoms with E-state index in [9.17, 15) is 39.5 Å². The van der Waals surface area contributed by atoms with Gasteiger partial charge in [0.05, 0.1) is 0 Å². The van der Waals surface area contributed by atoms with Gasteiger partial charge in [0, 0.05) is 5.57 Å². The first-order valence-corrected chi connectivity index (χ1v) is 6.28. The largest absolute Gasteiger partial charge is 0.460 e. The molecular weight excluding hydrogens is 418 g/mol. The van der Waals surface area contributed by atoms with Crippen molar-refractivity contribution in [3.63, 3.8) is 0 Å². The van der Waals surface area contributed by atoms with E-state index in [1.54, 1.807) is 0 Å². The molecule has 0 aromatic heterocycles. The second-order valence-corrected chi connectivity index (χ2v) is 5.60. The van der Waals surface area contributed by atoms with Gasteiger partial charge in [-0.15, -0.1) is 0 Å². The Kier molecular flexibility index (Phi) is 5.87. The molecule has 0 nitrogen and oxygen atoms in total. The van der Waals surface area contributed by atoms with Gasteiger partial charge in [-0.05, 0) is 39.5 Å². The Morgan fingerprint density at radius 2 is 1.25 bits per heavy atom. The molecule has 0 aliphatic carbocycles. The predicted octanol–water partition coefficient (Wildman–Crippen LogP) is 5.96. The van der Waals surface area contributed by atoms with Gasteiger partial charge >= 0.3 is 23.9 Å². The van der Waals surface area contributed by atoms with Crippen LogP contribution in [0.3, 0.4) is 0 Å². The molecule has 120 valence electrons. The monoisotopic (exact) mass is 428 g/mol. The van der Waals surface area contributed by atoms with Crippen LogP contribution in [-0.2, 0) is 0 Å².